The Balaban J connectivity index is 2.38. The lowest BCUT2D eigenvalue weighted by molar-refractivity contribution is 0.103. The Morgan fingerprint density at radius 3 is 2.26 bits per heavy atom. The highest BCUT2D eigenvalue weighted by Gasteiger charge is 2.16. The zero-order valence-electron chi connectivity index (χ0n) is 12.2. The number of rotatable bonds is 10. The summed E-state index contributed by atoms with van der Waals surface area (Å²) in [6.45, 7) is 7.31. The van der Waals surface area contributed by atoms with Crippen LogP contribution in [0, 0.1) is 0 Å². The molecule has 108 valence electrons. The van der Waals surface area contributed by atoms with Gasteiger partial charge in [-0.1, -0.05) is 32.0 Å². The fourth-order valence-electron chi connectivity index (χ4n) is 2.27. The molecule has 3 heteroatoms. The molecule has 1 rings (SSSR count). The van der Waals surface area contributed by atoms with Crippen LogP contribution in [0.15, 0.2) is 30.3 Å². The molecule has 1 N–H and O–H groups in total. The molecule has 0 saturated carbocycles. The number of para-hydroxylation sites is 1. The van der Waals surface area contributed by atoms with Crippen molar-refractivity contribution in [2.75, 3.05) is 26.3 Å². The van der Waals surface area contributed by atoms with Crippen LogP contribution in [0.25, 0.3) is 0 Å². The van der Waals surface area contributed by atoms with Crippen molar-refractivity contribution in [1.82, 2.24) is 4.90 Å². The molecule has 0 aromatic heterocycles. The van der Waals surface area contributed by atoms with Crippen molar-refractivity contribution in [3.63, 3.8) is 0 Å². The van der Waals surface area contributed by atoms with E-state index in [0.717, 1.165) is 38.1 Å². The summed E-state index contributed by atoms with van der Waals surface area (Å²) in [6.07, 6.45) is 3.11. The SMILES string of the molecule is CCCN(CCC)C(CO)CCOc1ccccc1. The number of hydrogen-bond acceptors (Lipinski definition) is 3. The minimum absolute atomic E-state index is 0.206. The number of aliphatic hydroxyl groups excluding tert-OH is 1. The number of hydrogen-bond donors (Lipinski definition) is 1. The third-order valence-corrected chi connectivity index (χ3v) is 3.21. The van der Waals surface area contributed by atoms with Gasteiger partial charge in [0.15, 0.2) is 0 Å². The summed E-state index contributed by atoms with van der Waals surface area (Å²) in [5.74, 6) is 0.900. The van der Waals surface area contributed by atoms with E-state index in [1.54, 1.807) is 0 Å². The van der Waals surface area contributed by atoms with Gasteiger partial charge in [0.2, 0.25) is 0 Å². The second kappa shape index (κ2) is 9.82. The van der Waals surface area contributed by atoms with Gasteiger partial charge in [-0.3, -0.25) is 4.90 Å². The topological polar surface area (TPSA) is 32.7 Å². The first-order valence-corrected chi connectivity index (χ1v) is 7.34. The molecule has 0 spiro atoms. The summed E-state index contributed by atoms with van der Waals surface area (Å²) < 4.78 is 5.71. The van der Waals surface area contributed by atoms with Gasteiger partial charge in [-0.2, -0.15) is 0 Å². The molecule has 1 aromatic carbocycles. The third-order valence-electron chi connectivity index (χ3n) is 3.21. The van der Waals surface area contributed by atoms with E-state index < -0.39 is 0 Å². The lowest BCUT2D eigenvalue weighted by Gasteiger charge is -2.29. The Morgan fingerprint density at radius 1 is 1.11 bits per heavy atom. The fourth-order valence-corrected chi connectivity index (χ4v) is 2.27. The summed E-state index contributed by atoms with van der Waals surface area (Å²) in [7, 11) is 0. The molecule has 0 heterocycles. The van der Waals surface area contributed by atoms with Crippen LogP contribution in [0.1, 0.15) is 33.1 Å². The maximum Gasteiger partial charge on any atom is 0.119 e. The summed E-state index contributed by atoms with van der Waals surface area (Å²) in [6, 6.07) is 10.1. The Labute approximate surface area is 117 Å². The van der Waals surface area contributed by atoms with Gasteiger partial charge < -0.3 is 9.84 Å². The summed E-state index contributed by atoms with van der Waals surface area (Å²) >= 11 is 0. The van der Waals surface area contributed by atoms with E-state index in [4.69, 9.17) is 4.74 Å². The number of aliphatic hydroxyl groups is 1. The Kier molecular flexibility index (Phi) is 8.26. The van der Waals surface area contributed by atoms with Gasteiger partial charge >= 0.3 is 0 Å². The molecule has 0 bridgehead atoms. The number of ether oxygens (including phenoxy) is 1. The Bertz CT molecular complexity index is 310. The molecule has 0 aliphatic heterocycles. The molecule has 19 heavy (non-hydrogen) atoms. The third kappa shape index (κ3) is 6.08. The standard InChI is InChI=1S/C16H27NO2/c1-3-11-17(12-4-2)15(14-18)10-13-19-16-8-6-5-7-9-16/h5-9,15,18H,3-4,10-14H2,1-2H3. The van der Waals surface area contributed by atoms with E-state index in [0.29, 0.717) is 6.61 Å². The lowest BCUT2D eigenvalue weighted by atomic mass is 10.1. The summed E-state index contributed by atoms with van der Waals surface area (Å²) in [5.41, 5.74) is 0. The van der Waals surface area contributed by atoms with E-state index in [2.05, 4.69) is 18.7 Å². The van der Waals surface area contributed by atoms with Crippen molar-refractivity contribution in [2.24, 2.45) is 0 Å². The summed E-state index contributed by atoms with van der Waals surface area (Å²) in [5, 5.41) is 9.55. The first kappa shape index (κ1) is 16.0. The molecule has 0 aliphatic carbocycles. The smallest absolute Gasteiger partial charge is 0.119 e. The normalized spacial score (nSPS) is 12.6. The molecule has 0 aliphatic rings. The van der Waals surface area contributed by atoms with E-state index >= 15 is 0 Å². The molecule has 1 unspecified atom stereocenters. The molecular formula is C16H27NO2. The average Bonchev–Trinajstić information content (AvgIpc) is 2.45. The fraction of sp³-hybridized carbons (Fsp3) is 0.625. The maximum atomic E-state index is 9.55. The van der Waals surface area contributed by atoms with E-state index in [1.165, 1.54) is 0 Å². The second-order valence-corrected chi connectivity index (χ2v) is 4.82. The second-order valence-electron chi connectivity index (χ2n) is 4.82. The molecule has 3 nitrogen and oxygen atoms in total. The predicted molar refractivity (Wildman–Crippen MR) is 79.6 cm³/mol. The van der Waals surface area contributed by atoms with Crippen LogP contribution in [-0.2, 0) is 0 Å². The zero-order chi connectivity index (χ0) is 13.9. The van der Waals surface area contributed by atoms with Gasteiger partial charge in [0.25, 0.3) is 0 Å². The minimum atomic E-state index is 0.206. The molecule has 0 saturated heterocycles. The van der Waals surface area contributed by atoms with Gasteiger partial charge in [-0.05, 0) is 44.5 Å². The minimum Gasteiger partial charge on any atom is -0.494 e. The molecular weight excluding hydrogens is 238 g/mol. The largest absolute Gasteiger partial charge is 0.494 e. The van der Waals surface area contributed by atoms with Gasteiger partial charge in [0, 0.05) is 6.04 Å². The first-order valence-electron chi connectivity index (χ1n) is 7.34. The molecule has 0 radical (unpaired) electrons. The highest BCUT2D eigenvalue weighted by molar-refractivity contribution is 5.20. The van der Waals surface area contributed by atoms with Crippen molar-refractivity contribution in [2.45, 2.75) is 39.2 Å². The van der Waals surface area contributed by atoms with Crippen molar-refractivity contribution in [1.29, 1.82) is 0 Å². The maximum absolute atomic E-state index is 9.55. The quantitative estimate of drug-likeness (QED) is 0.706. The van der Waals surface area contributed by atoms with Gasteiger partial charge in [-0.25, -0.2) is 0 Å². The zero-order valence-corrected chi connectivity index (χ0v) is 12.2. The van der Waals surface area contributed by atoms with Crippen LogP contribution in [0.4, 0.5) is 0 Å². The molecule has 0 amide bonds. The monoisotopic (exact) mass is 265 g/mol. The van der Waals surface area contributed by atoms with E-state index in [9.17, 15) is 5.11 Å². The van der Waals surface area contributed by atoms with Crippen molar-refractivity contribution >= 4 is 0 Å². The van der Waals surface area contributed by atoms with Crippen LogP contribution < -0.4 is 4.74 Å². The van der Waals surface area contributed by atoms with E-state index in [-0.39, 0.29) is 12.6 Å². The van der Waals surface area contributed by atoms with Crippen LogP contribution in [0.3, 0.4) is 0 Å². The Hall–Kier alpha value is -1.06. The summed E-state index contributed by atoms with van der Waals surface area (Å²) in [4.78, 5) is 2.37. The van der Waals surface area contributed by atoms with Gasteiger partial charge in [-0.15, -0.1) is 0 Å². The molecule has 0 fully saturated rings. The van der Waals surface area contributed by atoms with Crippen molar-refractivity contribution in [3.05, 3.63) is 30.3 Å². The first-order chi connectivity index (χ1) is 9.31. The Morgan fingerprint density at radius 2 is 1.74 bits per heavy atom. The van der Waals surface area contributed by atoms with Gasteiger partial charge in [0.05, 0.1) is 13.2 Å². The average molecular weight is 265 g/mol. The van der Waals surface area contributed by atoms with Crippen LogP contribution in [0.2, 0.25) is 0 Å². The lowest BCUT2D eigenvalue weighted by Crippen LogP contribution is -2.40. The molecule has 1 atom stereocenters. The van der Waals surface area contributed by atoms with Crippen LogP contribution >= 0.6 is 0 Å². The number of benzene rings is 1. The highest BCUT2D eigenvalue weighted by atomic mass is 16.5. The van der Waals surface area contributed by atoms with Crippen LogP contribution in [0.5, 0.6) is 5.75 Å². The van der Waals surface area contributed by atoms with E-state index in [1.807, 2.05) is 30.3 Å². The van der Waals surface area contributed by atoms with Crippen LogP contribution in [-0.4, -0.2) is 42.4 Å². The van der Waals surface area contributed by atoms with Gasteiger partial charge in [0.1, 0.15) is 5.75 Å². The van der Waals surface area contributed by atoms with Crippen molar-refractivity contribution < 1.29 is 9.84 Å². The predicted octanol–water partition coefficient (Wildman–Crippen LogP) is 2.94. The highest BCUT2D eigenvalue weighted by Crippen LogP contribution is 2.11. The molecule has 1 aromatic rings. The number of nitrogens with zero attached hydrogens (tertiary/aromatic N) is 1. The van der Waals surface area contributed by atoms with Crippen molar-refractivity contribution in [3.8, 4) is 5.75 Å².